The molecular weight excluding hydrogens is 404 g/mol. The number of nitrogens with one attached hydrogen (secondary N) is 1. The second kappa shape index (κ2) is 11.9. The fourth-order valence-electron chi connectivity index (χ4n) is 3.97. The molecule has 4 nitrogen and oxygen atoms in total. The molecule has 1 N–H and O–H groups in total. The average molecular weight is 439 g/mol. The molecule has 0 aromatic heterocycles. The van der Waals surface area contributed by atoms with Gasteiger partial charge < -0.3 is 10.2 Å². The predicted octanol–water partition coefficient (Wildman–Crippen LogP) is 5.34. The van der Waals surface area contributed by atoms with Gasteiger partial charge in [-0.2, -0.15) is 0 Å². The molecule has 166 valence electrons. The molecule has 31 heavy (non-hydrogen) atoms. The molecule has 1 atom stereocenters. The molecule has 2 amide bonds. The number of aryl methyl sites for hydroxylation is 1. The number of benzene rings is 2. The third-order valence-corrected chi connectivity index (χ3v) is 6.93. The third-order valence-electron chi connectivity index (χ3n) is 5.92. The van der Waals surface area contributed by atoms with E-state index in [1.54, 1.807) is 16.7 Å². The molecule has 0 bridgehead atoms. The summed E-state index contributed by atoms with van der Waals surface area (Å²) >= 11 is 1.68. The van der Waals surface area contributed by atoms with Crippen molar-refractivity contribution in [2.45, 2.75) is 75.9 Å². The Balaban J connectivity index is 1.61. The Bertz CT molecular complexity index is 832. The van der Waals surface area contributed by atoms with E-state index in [1.165, 1.54) is 24.8 Å². The molecule has 1 aliphatic rings. The van der Waals surface area contributed by atoms with Crippen LogP contribution in [-0.4, -0.2) is 34.6 Å². The Labute approximate surface area is 190 Å². The highest BCUT2D eigenvalue weighted by Gasteiger charge is 2.27. The Morgan fingerprint density at radius 3 is 2.39 bits per heavy atom. The van der Waals surface area contributed by atoms with Gasteiger partial charge in [-0.1, -0.05) is 67.3 Å². The highest BCUT2D eigenvalue weighted by molar-refractivity contribution is 7.99. The van der Waals surface area contributed by atoms with E-state index in [4.69, 9.17) is 0 Å². The van der Waals surface area contributed by atoms with E-state index in [1.807, 2.05) is 37.3 Å². The van der Waals surface area contributed by atoms with Crippen molar-refractivity contribution in [2.24, 2.45) is 0 Å². The van der Waals surface area contributed by atoms with Crippen LogP contribution in [-0.2, 0) is 16.1 Å². The van der Waals surface area contributed by atoms with Gasteiger partial charge in [-0.25, -0.2) is 0 Å². The summed E-state index contributed by atoms with van der Waals surface area (Å²) in [5.74, 6) is 0.682. The molecule has 1 fully saturated rings. The van der Waals surface area contributed by atoms with E-state index in [0.717, 1.165) is 23.3 Å². The fraction of sp³-hybridized carbons (Fsp3) is 0.462. The Morgan fingerprint density at radius 1 is 1.03 bits per heavy atom. The van der Waals surface area contributed by atoms with Crippen LogP contribution in [0.25, 0.3) is 0 Å². The molecule has 0 saturated heterocycles. The first-order valence-electron chi connectivity index (χ1n) is 11.4. The van der Waals surface area contributed by atoms with Gasteiger partial charge in [-0.15, -0.1) is 11.8 Å². The van der Waals surface area contributed by atoms with Crippen LogP contribution < -0.4 is 5.32 Å². The van der Waals surface area contributed by atoms with Gasteiger partial charge in [0.2, 0.25) is 11.8 Å². The lowest BCUT2D eigenvalue weighted by atomic mass is 9.95. The maximum absolute atomic E-state index is 13.2. The van der Waals surface area contributed by atoms with E-state index < -0.39 is 6.04 Å². The van der Waals surface area contributed by atoms with Crippen molar-refractivity contribution in [3.8, 4) is 0 Å². The first-order valence-corrected chi connectivity index (χ1v) is 12.3. The van der Waals surface area contributed by atoms with Crippen LogP contribution in [0.2, 0.25) is 0 Å². The molecule has 0 unspecified atom stereocenters. The van der Waals surface area contributed by atoms with E-state index >= 15 is 0 Å². The molecule has 0 heterocycles. The van der Waals surface area contributed by atoms with Gasteiger partial charge in [0.15, 0.2) is 0 Å². The summed E-state index contributed by atoms with van der Waals surface area (Å²) in [5.41, 5.74) is 2.27. The highest BCUT2D eigenvalue weighted by Crippen LogP contribution is 2.21. The minimum atomic E-state index is -0.487. The summed E-state index contributed by atoms with van der Waals surface area (Å²) in [7, 11) is 0. The molecule has 0 aliphatic heterocycles. The fourth-order valence-corrected chi connectivity index (χ4v) is 4.81. The first kappa shape index (κ1) is 23.4. The Hall–Kier alpha value is -2.27. The van der Waals surface area contributed by atoms with Gasteiger partial charge in [0.05, 0.1) is 0 Å². The zero-order valence-electron chi connectivity index (χ0n) is 18.7. The van der Waals surface area contributed by atoms with Gasteiger partial charge in [0.25, 0.3) is 0 Å². The van der Waals surface area contributed by atoms with E-state index in [0.29, 0.717) is 18.7 Å². The Kier molecular flexibility index (Phi) is 9.01. The second-order valence-corrected chi connectivity index (χ2v) is 9.61. The van der Waals surface area contributed by atoms with Crippen molar-refractivity contribution < 1.29 is 9.59 Å². The number of hydrogen-bond donors (Lipinski definition) is 1. The predicted molar refractivity (Wildman–Crippen MR) is 128 cm³/mol. The number of carbonyl (C=O) groups excluding carboxylic acids is 2. The van der Waals surface area contributed by atoms with E-state index in [2.05, 4.69) is 36.5 Å². The molecule has 0 spiro atoms. The lowest BCUT2D eigenvalue weighted by Crippen LogP contribution is -2.50. The van der Waals surface area contributed by atoms with Crippen molar-refractivity contribution in [3.05, 3.63) is 65.7 Å². The number of hydrogen-bond acceptors (Lipinski definition) is 3. The topological polar surface area (TPSA) is 49.4 Å². The number of rotatable bonds is 9. The van der Waals surface area contributed by atoms with Crippen molar-refractivity contribution >= 4 is 23.6 Å². The zero-order valence-corrected chi connectivity index (χ0v) is 19.5. The monoisotopic (exact) mass is 438 g/mol. The largest absolute Gasteiger partial charge is 0.352 e. The normalized spacial score (nSPS) is 15.3. The van der Waals surface area contributed by atoms with Crippen LogP contribution in [0, 0.1) is 6.92 Å². The second-order valence-electron chi connectivity index (χ2n) is 8.44. The summed E-state index contributed by atoms with van der Waals surface area (Å²) < 4.78 is 0. The van der Waals surface area contributed by atoms with Crippen LogP contribution in [0.5, 0.6) is 0 Å². The van der Waals surface area contributed by atoms with Gasteiger partial charge in [-0.3, -0.25) is 9.59 Å². The number of thioether (sulfide) groups is 1. The lowest BCUT2D eigenvalue weighted by molar-refractivity contribution is -0.140. The summed E-state index contributed by atoms with van der Waals surface area (Å²) in [6.45, 7) is 4.37. The van der Waals surface area contributed by atoms with Crippen molar-refractivity contribution in [1.82, 2.24) is 10.2 Å². The number of amides is 2. The van der Waals surface area contributed by atoms with Crippen LogP contribution in [0.1, 0.15) is 56.6 Å². The van der Waals surface area contributed by atoms with Crippen molar-refractivity contribution in [2.75, 3.05) is 5.75 Å². The summed E-state index contributed by atoms with van der Waals surface area (Å²) in [5, 5.41) is 3.19. The molecule has 2 aromatic carbocycles. The molecule has 2 aromatic rings. The SMILES string of the molecule is Cc1ccc(SCCC(=O)N(Cc2ccccc2)[C@H](C)C(=O)NC2CCCCC2)cc1. The van der Waals surface area contributed by atoms with Gasteiger partial charge in [-0.05, 0) is 44.4 Å². The van der Waals surface area contributed by atoms with E-state index in [9.17, 15) is 9.59 Å². The molecule has 3 rings (SSSR count). The minimum absolute atomic E-state index is 0.0229. The summed E-state index contributed by atoms with van der Waals surface area (Å²) in [4.78, 5) is 29.0. The standard InChI is InChI=1S/C26H34N2O2S/c1-20-13-15-24(16-14-20)31-18-17-25(29)28(19-22-9-5-3-6-10-22)21(2)26(30)27-23-11-7-4-8-12-23/h3,5-6,9-10,13-16,21,23H,4,7-8,11-12,17-19H2,1-2H3,(H,27,30)/t21-/m1/s1. The van der Waals surface area contributed by atoms with E-state index in [-0.39, 0.29) is 17.9 Å². The van der Waals surface area contributed by atoms with Crippen LogP contribution in [0.3, 0.4) is 0 Å². The molecular formula is C26H34N2O2S. The smallest absolute Gasteiger partial charge is 0.242 e. The molecule has 0 radical (unpaired) electrons. The van der Waals surface area contributed by atoms with Crippen molar-refractivity contribution in [3.63, 3.8) is 0 Å². The van der Waals surface area contributed by atoms with Gasteiger partial charge >= 0.3 is 0 Å². The van der Waals surface area contributed by atoms with Crippen LogP contribution in [0.4, 0.5) is 0 Å². The zero-order chi connectivity index (χ0) is 22.1. The Morgan fingerprint density at radius 2 is 1.71 bits per heavy atom. The summed E-state index contributed by atoms with van der Waals surface area (Å²) in [6.07, 6.45) is 6.08. The number of nitrogens with zero attached hydrogens (tertiary/aromatic N) is 1. The maximum Gasteiger partial charge on any atom is 0.242 e. The quantitative estimate of drug-likeness (QED) is 0.537. The van der Waals surface area contributed by atoms with Crippen LogP contribution >= 0.6 is 11.8 Å². The third kappa shape index (κ3) is 7.42. The first-order chi connectivity index (χ1) is 15.0. The molecule has 1 saturated carbocycles. The molecule has 1 aliphatic carbocycles. The minimum Gasteiger partial charge on any atom is -0.352 e. The van der Waals surface area contributed by atoms with Crippen LogP contribution in [0.15, 0.2) is 59.5 Å². The molecule has 5 heteroatoms. The lowest BCUT2D eigenvalue weighted by Gasteiger charge is -2.31. The highest BCUT2D eigenvalue weighted by atomic mass is 32.2. The van der Waals surface area contributed by atoms with Gasteiger partial charge in [0, 0.05) is 29.7 Å². The van der Waals surface area contributed by atoms with Crippen molar-refractivity contribution in [1.29, 1.82) is 0 Å². The summed E-state index contributed by atoms with van der Waals surface area (Å²) in [6, 6.07) is 18.0. The average Bonchev–Trinajstić information content (AvgIpc) is 2.79. The number of carbonyl (C=O) groups is 2. The van der Waals surface area contributed by atoms with Gasteiger partial charge in [0.1, 0.15) is 6.04 Å². The maximum atomic E-state index is 13.2.